The lowest BCUT2D eigenvalue weighted by Crippen LogP contribution is -2.47. The Morgan fingerprint density at radius 3 is 2.37 bits per heavy atom. The molecule has 0 aliphatic rings. The van der Waals surface area contributed by atoms with Gasteiger partial charge in [-0.3, -0.25) is 0 Å². The maximum atomic E-state index is 12.8. The third-order valence-corrected chi connectivity index (χ3v) is 5.84. The van der Waals surface area contributed by atoms with E-state index in [1.807, 2.05) is 30.3 Å². The third-order valence-electron chi connectivity index (χ3n) is 4.19. The van der Waals surface area contributed by atoms with Crippen LogP contribution in [-0.2, 0) is 26.0 Å². The fraction of sp³-hybridized carbons (Fsp3) is 0.350. The third kappa shape index (κ3) is 5.89. The summed E-state index contributed by atoms with van der Waals surface area (Å²) >= 11 is 0. The van der Waals surface area contributed by atoms with Gasteiger partial charge in [-0.25, -0.2) is 17.9 Å². The fourth-order valence-electron chi connectivity index (χ4n) is 2.76. The molecule has 0 bridgehead atoms. The van der Waals surface area contributed by atoms with Crippen LogP contribution in [0.4, 0.5) is 0 Å². The molecule has 2 rings (SSSR count). The summed E-state index contributed by atoms with van der Waals surface area (Å²) in [6.07, 6.45) is -0.847. The number of benzene rings is 2. The number of aryl methyl sites for hydroxylation is 2. The van der Waals surface area contributed by atoms with Crippen LogP contribution in [0, 0.1) is 6.92 Å². The molecule has 0 aliphatic carbocycles. The Bertz CT molecular complexity index is 852. The zero-order valence-electron chi connectivity index (χ0n) is 15.5. The first-order valence-corrected chi connectivity index (χ1v) is 10.3. The van der Waals surface area contributed by atoms with E-state index in [9.17, 15) is 18.3 Å². The van der Waals surface area contributed by atoms with Crippen LogP contribution in [0.15, 0.2) is 59.5 Å². The average Bonchev–Trinajstić information content (AvgIpc) is 2.65. The van der Waals surface area contributed by atoms with E-state index in [2.05, 4.69) is 4.72 Å². The molecule has 7 heteroatoms. The molecule has 0 saturated heterocycles. The summed E-state index contributed by atoms with van der Waals surface area (Å²) in [5.41, 5.74) is 1.56. The molecule has 6 nitrogen and oxygen atoms in total. The van der Waals surface area contributed by atoms with E-state index in [4.69, 9.17) is 4.74 Å². The lowest BCUT2D eigenvalue weighted by molar-refractivity contribution is -0.154. The highest BCUT2D eigenvalue weighted by Gasteiger charge is 2.31. The Labute approximate surface area is 160 Å². The maximum absolute atomic E-state index is 12.8. The van der Waals surface area contributed by atoms with Crippen molar-refractivity contribution >= 4 is 16.0 Å². The van der Waals surface area contributed by atoms with Gasteiger partial charge in [0.2, 0.25) is 10.0 Å². The Morgan fingerprint density at radius 2 is 1.74 bits per heavy atom. The molecule has 2 N–H and O–H groups in total. The molecule has 146 valence electrons. The topological polar surface area (TPSA) is 92.7 Å². The predicted octanol–water partition coefficient (Wildman–Crippen LogP) is 2.20. The summed E-state index contributed by atoms with van der Waals surface area (Å²) in [4.78, 5) is 12.1. The molecule has 0 unspecified atom stereocenters. The van der Waals surface area contributed by atoms with Crippen molar-refractivity contribution in [2.45, 2.75) is 43.7 Å². The number of hydrogen-bond acceptors (Lipinski definition) is 5. The highest BCUT2D eigenvalue weighted by Crippen LogP contribution is 2.17. The first-order chi connectivity index (χ1) is 12.8. The quantitative estimate of drug-likeness (QED) is 0.639. The van der Waals surface area contributed by atoms with Crippen LogP contribution in [0.2, 0.25) is 0 Å². The van der Waals surface area contributed by atoms with E-state index in [0.717, 1.165) is 5.56 Å². The van der Waals surface area contributed by atoms with Crippen molar-refractivity contribution in [2.75, 3.05) is 6.61 Å². The molecule has 0 aliphatic heterocycles. The van der Waals surface area contributed by atoms with Crippen LogP contribution in [0.3, 0.4) is 0 Å². The lowest BCUT2D eigenvalue weighted by atomic mass is 10.0. The molecule has 0 fully saturated rings. The molecule has 2 aromatic rings. The fourth-order valence-corrected chi connectivity index (χ4v) is 4.28. The number of esters is 1. The van der Waals surface area contributed by atoms with Crippen LogP contribution >= 0.6 is 0 Å². The second-order valence-corrected chi connectivity index (χ2v) is 7.90. The van der Waals surface area contributed by atoms with Gasteiger partial charge in [0.25, 0.3) is 0 Å². The smallest absolute Gasteiger partial charge is 0.336 e. The normalized spacial score (nSPS) is 13.7. The number of hydrogen-bond donors (Lipinski definition) is 2. The Kier molecular flexibility index (Phi) is 7.53. The lowest BCUT2D eigenvalue weighted by Gasteiger charge is -2.23. The molecule has 0 heterocycles. The molecule has 0 radical (unpaired) electrons. The molecule has 0 spiro atoms. The Hall–Kier alpha value is -2.22. The number of sulfonamides is 1. The van der Waals surface area contributed by atoms with Gasteiger partial charge in [0, 0.05) is 0 Å². The second-order valence-electron chi connectivity index (χ2n) is 6.21. The number of rotatable bonds is 9. The molecule has 2 aromatic carbocycles. The monoisotopic (exact) mass is 391 g/mol. The predicted molar refractivity (Wildman–Crippen MR) is 103 cm³/mol. The Morgan fingerprint density at radius 1 is 1.11 bits per heavy atom. The number of carbonyl (C=O) groups is 1. The van der Waals surface area contributed by atoms with Crippen LogP contribution < -0.4 is 4.72 Å². The van der Waals surface area contributed by atoms with Gasteiger partial charge >= 0.3 is 5.97 Å². The van der Waals surface area contributed by atoms with Crippen LogP contribution in [0.1, 0.15) is 24.5 Å². The maximum Gasteiger partial charge on any atom is 0.336 e. The average molecular weight is 391 g/mol. The van der Waals surface area contributed by atoms with Crippen molar-refractivity contribution < 1.29 is 23.1 Å². The van der Waals surface area contributed by atoms with E-state index in [1.165, 1.54) is 6.07 Å². The summed E-state index contributed by atoms with van der Waals surface area (Å²) in [6.45, 7) is 3.42. The van der Waals surface area contributed by atoms with Crippen molar-refractivity contribution in [3.63, 3.8) is 0 Å². The van der Waals surface area contributed by atoms with Gasteiger partial charge < -0.3 is 9.84 Å². The summed E-state index contributed by atoms with van der Waals surface area (Å²) in [5, 5.41) is 10.4. The van der Waals surface area contributed by atoms with Gasteiger partial charge in [0.05, 0.1) is 17.5 Å². The minimum absolute atomic E-state index is 0.103. The van der Waals surface area contributed by atoms with Gasteiger partial charge in [0.1, 0.15) is 0 Å². The molecule has 27 heavy (non-hydrogen) atoms. The van der Waals surface area contributed by atoms with Crippen LogP contribution in [-0.4, -0.2) is 38.2 Å². The summed E-state index contributed by atoms with van der Waals surface area (Å²) < 4.78 is 32.9. The second kappa shape index (κ2) is 9.64. The first-order valence-electron chi connectivity index (χ1n) is 8.81. The van der Waals surface area contributed by atoms with Crippen molar-refractivity contribution in [3.8, 4) is 0 Å². The van der Waals surface area contributed by atoms with Gasteiger partial charge in [-0.1, -0.05) is 48.5 Å². The molecular formula is C20H25NO5S. The van der Waals surface area contributed by atoms with Crippen molar-refractivity contribution in [3.05, 3.63) is 65.7 Å². The van der Waals surface area contributed by atoms with Crippen LogP contribution in [0.25, 0.3) is 0 Å². The summed E-state index contributed by atoms with van der Waals surface area (Å²) in [5.74, 6) is -0.844. The number of aliphatic hydroxyl groups is 1. The number of aliphatic hydroxyl groups excluding tert-OH is 1. The Balaban J connectivity index is 2.23. The van der Waals surface area contributed by atoms with Gasteiger partial charge in [-0.2, -0.15) is 0 Å². The molecule has 2 atom stereocenters. The van der Waals surface area contributed by atoms with Crippen molar-refractivity contribution in [2.24, 2.45) is 0 Å². The first kappa shape index (κ1) is 21.1. The minimum Gasteiger partial charge on any atom is -0.464 e. The van der Waals surface area contributed by atoms with Gasteiger partial charge in [0.15, 0.2) is 6.10 Å². The summed E-state index contributed by atoms with van der Waals surface area (Å²) in [6, 6.07) is 15.0. The SMILES string of the molecule is CCOC(=O)[C@H](O)[C@H](CCc1ccccc1)NS(=O)(=O)c1ccccc1C. The zero-order chi connectivity index (χ0) is 19.9. The van der Waals surface area contributed by atoms with Gasteiger partial charge in [-0.05, 0) is 43.9 Å². The van der Waals surface area contributed by atoms with E-state index >= 15 is 0 Å². The number of nitrogens with one attached hydrogen (secondary N) is 1. The highest BCUT2D eigenvalue weighted by atomic mass is 32.2. The van der Waals surface area contributed by atoms with E-state index in [-0.39, 0.29) is 17.9 Å². The zero-order valence-corrected chi connectivity index (χ0v) is 16.3. The molecule has 0 amide bonds. The largest absolute Gasteiger partial charge is 0.464 e. The molecular weight excluding hydrogens is 366 g/mol. The standard InChI is InChI=1S/C20H25NO5S/c1-3-26-20(23)19(22)17(14-13-16-10-5-4-6-11-16)21-27(24,25)18-12-8-7-9-15(18)2/h4-12,17,19,21-22H,3,13-14H2,1-2H3/t17-,19+/m0/s1. The minimum atomic E-state index is -3.91. The highest BCUT2D eigenvalue weighted by molar-refractivity contribution is 7.89. The van der Waals surface area contributed by atoms with E-state index in [0.29, 0.717) is 12.0 Å². The summed E-state index contributed by atoms with van der Waals surface area (Å²) in [7, 11) is -3.91. The van der Waals surface area contributed by atoms with E-state index < -0.39 is 28.1 Å². The van der Waals surface area contributed by atoms with Gasteiger partial charge in [-0.15, -0.1) is 0 Å². The van der Waals surface area contributed by atoms with Crippen molar-refractivity contribution in [1.29, 1.82) is 0 Å². The number of ether oxygens (including phenoxy) is 1. The number of carbonyl (C=O) groups excluding carboxylic acids is 1. The van der Waals surface area contributed by atoms with E-state index in [1.54, 1.807) is 32.0 Å². The van der Waals surface area contributed by atoms with Crippen LogP contribution in [0.5, 0.6) is 0 Å². The van der Waals surface area contributed by atoms with Crippen molar-refractivity contribution in [1.82, 2.24) is 4.72 Å². The molecule has 0 saturated carbocycles. The molecule has 0 aromatic heterocycles.